The molecule has 3 atom stereocenters. The third-order valence-electron chi connectivity index (χ3n) is 6.27. The van der Waals surface area contributed by atoms with E-state index in [0.29, 0.717) is 0 Å². The van der Waals surface area contributed by atoms with Crippen molar-refractivity contribution >= 4 is 0 Å². The Morgan fingerprint density at radius 3 is 2.76 bits per heavy atom. The first-order valence-corrected chi connectivity index (χ1v) is 10.2. The molecular formula is C24H34O. The van der Waals surface area contributed by atoms with E-state index >= 15 is 0 Å². The molecular weight excluding hydrogens is 304 g/mol. The van der Waals surface area contributed by atoms with Gasteiger partial charge >= 0.3 is 0 Å². The normalized spacial score (nSPS) is 26.5. The summed E-state index contributed by atoms with van der Waals surface area (Å²) in [4.78, 5) is 0. The van der Waals surface area contributed by atoms with Gasteiger partial charge in [-0.2, -0.15) is 0 Å². The molecule has 2 aliphatic rings. The molecule has 1 aromatic carbocycles. The molecule has 0 heterocycles. The van der Waals surface area contributed by atoms with E-state index in [1.807, 2.05) is 0 Å². The summed E-state index contributed by atoms with van der Waals surface area (Å²) in [7, 11) is 0. The molecule has 136 valence electrons. The topological polar surface area (TPSA) is 9.23 Å². The molecule has 25 heavy (non-hydrogen) atoms. The summed E-state index contributed by atoms with van der Waals surface area (Å²) in [6.45, 7) is 5.55. The summed E-state index contributed by atoms with van der Waals surface area (Å²) < 4.78 is 5.92. The molecule has 2 unspecified atom stereocenters. The zero-order valence-electron chi connectivity index (χ0n) is 16.0. The second kappa shape index (κ2) is 9.27. The van der Waals surface area contributed by atoms with Crippen molar-refractivity contribution in [3.63, 3.8) is 0 Å². The molecule has 1 saturated carbocycles. The fourth-order valence-electron chi connectivity index (χ4n) is 4.50. The predicted molar refractivity (Wildman–Crippen MR) is 106 cm³/mol. The lowest BCUT2D eigenvalue weighted by Gasteiger charge is -2.28. The van der Waals surface area contributed by atoms with E-state index in [4.69, 9.17) is 4.74 Å². The van der Waals surface area contributed by atoms with Gasteiger partial charge in [0.1, 0.15) is 0 Å². The highest BCUT2D eigenvalue weighted by Gasteiger charge is 2.27. The van der Waals surface area contributed by atoms with Crippen LogP contribution >= 0.6 is 0 Å². The minimum absolute atomic E-state index is 0.763. The quantitative estimate of drug-likeness (QED) is 0.305. The molecule has 0 aliphatic heterocycles. The molecule has 0 radical (unpaired) electrons. The SMILES string of the molecule is CC1=CC[C@H](C(C)CC2CCC/C2=C\OCCc2ccccc2)CC1. The van der Waals surface area contributed by atoms with Crippen molar-refractivity contribution in [3.8, 4) is 0 Å². The summed E-state index contributed by atoms with van der Waals surface area (Å²) in [5, 5.41) is 0. The fourth-order valence-corrected chi connectivity index (χ4v) is 4.50. The molecule has 1 fully saturated rings. The Morgan fingerprint density at radius 1 is 1.16 bits per heavy atom. The number of hydrogen-bond donors (Lipinski definition) is 0. The average molecular weight is 339 g/mol. The molecule has 1 nitrogen and oxygen atoms in total. The summed E-state index contributed by atoms with van der Waals surface area (Å²) in [6.07, 6.45) is 14.9. The summed E-state index contributed by atoms with van der Waals surface area (Å²) in [5.41, 5.74) is 4.53. The second-order valence-electron chi connectivity index (χ2n) is 8.19. The van der Waals surface area contributed by atoms with Gasteiger partial charge in [-0.25, -0.2) is 0 Å². The Balaban J connectivity index is 1.45. The van der Waals surface area contributed by atoms with Gasteiger partial charge in [-0.3, -0.25) is 0 Å². The molecule has 0 bridgehead atoms. The van der Waals surface area contributed by atoms with Crippen LogP contribution in [0.3, 0.4) is 0 Å². The van der Waals surface area contributed by atoms with Crippen molar-refractivity contribution < 1.29 is 4.74 Å². The zero-order valence-corrected chi connectivity index (χ0v) is 16.0. The Kier molecular flexibility index (Phi) is 6.78. The van der Waals surface area contributed by atoms with Crippen LogP contribution < -0.4 is 0 Å². The first kappa shape index (κ1) is 18.3. The maximum Gasteiger partial charge on any atom is 0.0913 e. The van der Waals surface area contributed by atoms with Crippen molar-refractivity contribution in [2.45, 2.75) is 65.2 Å². The molecule has 1 aromatic rings. The third-order valence-corrected chi connectivity index (χ3v) is 6.27. The molecule has 0 aromatic heterocycles. The van der Waals surface area contributed by atoms with Crippen LogP contribution in [0.1, 0.15) is 64.4 Å². The van der Waals surface area contributed by atoms with Crippen LogP contribution in [0.25, 0.3) is 0 Å². The predicted octanol–water partition coefficient (Wildman–Crippen LogP) is 6.70. The van der Waals surface area contributed by atoms with E-state index in [2.05, 4.69) is 56.5 Å². The fraction of sp³-hybridized carbons (Fsp3) is 0.583. The number of ether oxygens (including phenoxy) is 1. The molecule has 0 amide bonds. The smallest absolute Gasteiger partial charge is 0.0913 e. The second-order valence-corrected chi connectivity index (χ2v) is 8.19. The Bertz CT molecular complexity index is 583. The van der Waals surface area contributed by atoms with Crippen molar-refractivity contribution in [1.29, 1.82) is 0 Å². The van der Waals surface area contributed by atoms with Gasteiger partial charge in [0.15, 0.2) is 0 Å². The maximum atomic E-state index is 5.92. The third kappa shape index (κ3) is 5.49. The van der Waals surface area contributed by atoms with E-state index in [0.717, 1.165) is 30.8 Å². The first-order chi connectivity index (χ1) is 12.2. The highest BCUT2D eigenvalue weighted by atomic mass is 16.5. The minimum atomic E-state index is 0.763. The lowest BCUT2D eigenvalue weighted by Crippen LogP contribution is -2.17. The van der Waals surface area contributed by atoms with E-state index in [1.165, 1.54) is 50.5 Å². The van der Waals surface area contributed by atoms with Crippen LogP contribution in [0.4, 0.5) is 0 Å². The molecule has 0 saturated heterocycles. The van der Waals surface area contributed by atoms with Gasteiger partial charge in [0.2, 0.25) is 0 Å². The molecule has 3 rings (SSSR count). The highest BCUT2D eigenvalue weighted by molar-refractivity contribution is 5.15. The number of hydrogen-bond acceptors (Lipinski definition) is 1. The van der Waals surface area contributed by atoms with Crippen LogP contribution in [0.15, 0.2) is 53.8 Å². The van der Waals surface area contributed by atoms with Gasteiger partial charge in [-0.05, 0) is 80.8 Å². The van der Waals surface area contributed by atoms with Gasteiger partial charge in [0, 0.05) is 6.42 Å². The monoisotopic (exact) mass is 338 g/mol. The van der Waals surface area contributed by atoms with Crippen LogP contribution in [0, 0.1) is 17.8 Å². The minimum Gasteiger partial charge on any atom is -0.501 e. The molecule has 0 N–H and O–H groups in total. The van der Waals surface area contributed by atoms with Crippen molar-refractivity contribution in [2.24, 2.45) is 17.8 Å². The van der Waals surface area contributed by atoms with Gasteiger partial charge in [-0.15, -0.1) is 0 Å². The van der Waals surface area contributed by atoms with E-state index < -0.39 is 0 Å². The lowest BCUT2D eigenvalue weighted by molar-refractivity contribution is 0.242. The standard InChI is InChI=1S/C24H34O/c1-19-11-13-22(14-12-19)20(2)17-23-9-6-10-24(23)18-25-16-15-21-7-4-3-5-8-21/h3-5,7-8,11,18,20,22-23H,6,9-10,12-17H2,1-2H3/b24-18+/t20?,22-,23?/m0/s1. The van der Waals surface area contributed by atoms with Crippen molar-refractivity contribution in [1.82, 2.24) is 0 Å². The first-order valence-electron chi connectivity index (χ1n) is 10.2. The van der Waals surface area contributed by atoms with Gasteiger partial charge in [0.05, 0.1) is 12.9 Å². The number of rotatable bonds is 7. The largest absolute Gasteiger partial charge is 0.501 e. The van der Waals surface area contributed by atoms with E-state index in [1.54, 1.807) is 11.1 Å². The lowest BCUT2D eigenvalue weighted by atomic mass is 9.77. The van der Waals surface area contributed by atoms with Crippen LogP contribution in [0.2, 0.25) is 0 Å². The number of allylic oxidation sites excluding steroid dienone is 3. The molecule has 0 spiro atoms. The summed E-state index contributed by atoms with van der Waals surface area (Å²) >= 11 is 0. The molecule has 2 aliphatic carbocycles. The van der Waals surface area contributed by atoms with Gasteiger partial charge < -0.3 is 4.74 Å². The number of benzene rings is 1. The summed E-state index contributed by atoms with van der Waals surface area (Å²) in [5.74, 6) is 2.49. The Labute approximate surface area is 154 Å². The van der Waals surface area contributed by atoms with Crippen LogP contribution in [0.5, 0.6) is 0 Å². The van der Waals surface area contributed by atoms with E-state index in [-0.39, 0.29) is 0 Å². The summed E-state index contributed by atoms with van der Waals surface area (Å²) in [6, 6.07) is 10.6. The Hall–Kier alpha value is -1.50. The zero-order chi connectivity index (χ0) is 17.5. The Morgan fingerprint density at radius 2 is 2.00 bits per heavy atom. The van der Waals surface area contributed by atoms with Crippen LogP contribution in [-0.4, -0.2) is 6.61 Å². The molecule has 1 heteroatoms. The maximum absolute atomic E-state index is 5.92. The van der Waals surface area contributed by atoms with Crippen molar-refractivity contribution in [2.75, 3.05) is 6.61 Å². The van der Waals surface area contributed by atoms with E-state index in [9.17, 15) is 0 Å². The van der Waals surface area contributed by atoms with Gasteiger partial charge in [0.25, 0.3) is 0 Å². The average Bonchev–Trinajstić information content (AvgIpc) is 3.07. The van der Waals surface area contributed by atoms with Gasteiger partial charge in [-0.1, -0.05) is 48.9 Å². The highest BCUT2D eigenvalue weighted by Crippen LogP contribution is 2.39. The van der Waals surface area contributed by atoms with Crippen LogP contribution in [-0.2, 0) is 11.2 Å². The van der Waals surface area contributed by atoms with Crippen molar-refractivity contribution in [3.05, 3.63) is 59.4 Å².